The van der Waals surface area contributed by atoms with Gasteiger partial charge in [-0.2, -0.15) is 0 Å². The first-order chi connectivity index (χ1) is 19.6. The molecule has 4 aliphatic rings. The van der Waals surface area contributed by atoms with Crippen LogP contribution in [0.4, 0.5) is 0 Å². The van der Waals surface area contributed by atoms with Gasteiger partial charge in [-0.15, -0.1) is 0 Å². The number of piperidine rings is 1. The van der Waals surface area contributed by atoms with Gasteiger partial charge in [0.25, 0.3) is 11.5 Å². The van der Waals surface area contributed by atoms with Gasteiger partial charge >= 0.3 is 5.97 Å². The smallest absolute Gasteiger partial charge is 0.360 e. The number of para-hydroxylation sites is 2. The molecule has 1 aromatic heterocycles. The molecule has 0 radical (unpaired) electrons. The van der Waals surface area contributed by atoms with Crippen molar-refractivity contribution in [1.29, 1.82) is 0 Å². The van der Waals surface area contributed by atoms with E-state index in [1.807, 2.05) is 18.2 Å². The summed E-state index contributed by atoms with van der Waals surface area (Å²) in [6.07, 6.45) is 13.4. The van der Waals surface area contributed by atoms with Crippen molar-refractivity contribution < 1.29 is 19.5 Å². The monoisotopic (exact) mass is 563 g/mol. The number of nitrogens with zero attached hydrogens (tertiary/aromatic N) is 4. The maximum Gasteiger partial charge on any atom is 0.360 e. The second-order valence-corrected chi connectivity index (χ2v) is 13.2. The van der Waals surface area contributed by atoms with Gasteiger partial charge in [0.2, 0.25) is 11.3 Å². The van der Waals surface area contributed by atoms with Crippen molar-refractivity contribution in [3.63, 3.8) is 0 Å². The molecule has 0 spiro atoms. The van der Waals surface area contributed by atoms with Crippen LogP contribution in [-0.4, -0.2) is 60.9 Å². The predicted molar refractivity (Wildman–Crippen MR) is 155 cm³/mol. The number of carboxylic acid groups (broad SMARTS) is 1. The number of aromatic nitrogens is 2. The number of carbonyl (C=O) groups excluding carboxylic acids is 1. The number of amides is 1. The second kappa shape index (κ2) is 10.9. The number of benzene rings is 1. The third-order valence-corrected chi connectivity index (χ3v) is 10.1. The molecule has 10 nitrogen and oxygen atoms in total. The summed E-state index contributed by atoms with van der Waals surface area (Å²) >= 11 is 0. The molecular weight excluding hydrogens is 522 g/mol. The van der Waals surface area contributed by atoms with Crippen LogP contribution in [0.3, 0.4) is 0 Å². The highest BCUT2D eigenvalue weighted by Gasteiger charge is 2.47. The van der Waals surface area contributed by atoms with Crippen molar-refractivity contribution in [1.82, 2.24) is 14.5 Å². The zero-order valence-corrected chi connectivity index (χ0v) is 24.0. The highest BCUT2D eigenvalue weighted by molar-refractivity contribution is 6.41. The normalized spacial score (nSPS) is 30.6. The minimum atomic E-state index is -1.56. The maximum absolute atomic E-state index is 14.1. The molecule has 6 atom stereocenters. The number of rotatable bonds is 7. The molecule has 4 bridgehead atoms. The van der Waals surface area contributed by atoms with Crippen LogP contribution in [0.25, 0.3) is 11.0 Å². The minimum Gasteiger partial charge on any atom is -0.476 e. The summed E-state index contributed by atoms with van der Waals surface area (Å²) in [7, 11) is 0. The highest BCUT2D eigenvalue weighted by Crippen LogP contribution is 2.48. The topological polar surface area (TPSA) is 140 Å². The number of fused-ring (bicyclic) bond motifs is 5. The number of nitrogens with two attached hydrogens (primary N) is 1. The number of carboxylic acids is 1. The Kier molecular flexibility index (Phi) is 7.38. The lowest BCUT2D eigenvalue weighted by atomic mass is 9.76. The number of aliphatic carboxylic acids is 1. The average Bonchev–Trinajstić information content (AvgIpc) is 3.08. The molecule has 3 N–H and O–H groups in total. The third-order valence-electron chi connectivity index (χ3n) is 10.1. The minimum absolute atomic E-state index is 0.0770. The van der Waals surface area contributed by atoms with Gasteiger partial charge < -0.3 is 20.2 Å². The Morgan fingerprint density at radius 3 is 2.20 bits per heavy atom. The van der Waals surface area contributed by atoms with Gasteiger partial charge in [-0.3, -0.25) is 14.5 Å². The summed E-state index contributed by atoms with van der Waals surface area (Å²) in [6.45, 7) is 2.77. The van der Waals surface area contributed by atoms with Gasteiger partial charge in [0.05, 0.1) is 11.0 Å². The molecule has 2 saturated heterocycles. The SMILES string of the molecule is CC(C)(O/N=C(\C(=O)O)c1nc2ccccc2n([C@H]2C[C@H]3CC[C@@H](C2)N3C2C[C@H]3CCCC[C@@H](C2)C3)c1=O)C(N)=O. The molecule has 10 heteroatoms. The largest absolute Gasteiger partial charge is 0.476 e. The van der Waals surface area contributed by atoms with Crippen LogP contribution in [0.1, 0.15) is 96.2 Å². The number of hydrogen-bond donors (Lipinski definition) is 2. The van der Waals surface area contributed by atoms with E-state index in [1.54, 1.807) is 10.6 Å². The summed E-state index contributed by atoms with van der Waals surface area (Å²) in [5, 5.41) is 13.7. The third kappa shape index (κ3) is 5.27. The molecule has 2 saturated carbocycles. The van der Waals surface area contributed by atoms with Crippen molar-refractivity contribution in [3.05, 3.63) is 40.3 Å². The van der Waals surface area contributed by atoms with Crippen molar-refractivity contribution in [2.75, 3.05) is 0 Å². The van der Waals surface area contributed by atoms with Crippen molar-refractivity contribution >= 4 is 28.6 Å². The van der Waals surface area contributed by atoms with E-state index in [1.165, 1.54) is 58.8 Å². The first-order valence-corrected chi connectivity index (χ1v) is 15.2. The van der Waals surface area contributed by atoms with Crippen LogP contribution in [-0.2, 0) is 14.4 Å². The quantitative estimate of drug-likeness (QED) is 0.383. The number of oxime groups is 1. The Morgan fingerprint density at radius 2 is 1.59 bits per heavy atom. The summed E-state index contributed by atoms with van der Waals surface area (Å²) in [5.41, 5.74) is 3.55. The van der Waals surface area contributed by atoms with Crippen LogP contribution >= 0.6 is 0 Å². The first kappa shape index (κ1) is 27.9. The second-order valence-electron chi connectivity index (χ2n) is 13.2. The Hall–Kier alpha value is -3.27. The molecule has 2 aromatic rings. The lowest BCUT2D eigenvalue weighted by Crippen LogP contribution is -2.52. The van der Waals surface area contributed by atoms with Gasteiger partial charge in [0.15, 0.2) is 5.69 Å². The zero-order chi connectivity index (χ0) is 28.9. The predicted octanol–water partition coefficient (Wildman–Crippen LogP) is 3.99. The lowest BCUT2D eigenvalue weighted by molar-refractivity contribution is -0.140. The molecule has 4 fully saturated rings. The van der Waals surface area contributed by atoms with Gasteiger partial charge in [-0.25, -0.2) is 9.78 Å². The molecule has 41 heavy (non-hydrogen) atoms. The van der Waals surface area contributed by atoms with Crippen LogP contribution in [0.15, 0.2) is 34.2 Å². The Balaban J connectivity index is 1.34. The van der Waals surface area contributed by atoms with Gasteiger partial charge in [-0.05, 0) is 82.8 Å². The van der Waals surface area contributed by atoms with Crippen LogP contribution in [0, 0.1) is 11.8 Å². The first-order valence-electron chi connectivity index (χ1n) is 15.2. The fraction of sp³-hybridized carbons (Fsp3) is 0.645. The Labute approximate surface area is 239 Å². The highest BCUT2D eigenvalue weighted by atomic mass is 16.7. The van der Waals surface area contributed by atoms with Crippen LogP contribution < -0.4 is 11.3 Å². The van der Waals surface area contributed by atoms with Gasteiger partial charge in [0, 0.05) is 24.2 Å². The Morgan fingerprint density at radius 1 is 0.951 bits per heavy atom. The molecule has 1 amide bonds. The molecule has 220 valence electrons. The molecule has 1 unspecified atom stereocenters. The summed E-state index contributed by atoms with van der Waals surface area (Å²) in [6, 6.07) is 8.72. The molecule has 3 heterocycles. The van der Waals surface area contributed by atoms with E-state index >= 15 is 0 Å². The Bertz CT molecular complexity index is 1410. The van der Waals surface area contributed by atoms with Gasteiger partial charge in [0.1, 0.15) is 0 Å². The standard InChI is InChI=1S/C31H41N5O5/c1-31(2,30(32)40)41-34-27(29(38)39)26-28(37)36(25-10-6-5-9-24(25)33-26)23-16-20-11-12-21(17-23)35(20)22-14-18-7-3-4-8-19(13-18)15-22/h5-6,9-10,18-23H,3-4,7-8,11-17H2,1-2H3,(H2,32,40)(H,38,39)/b34-27-/t18-,19+,20-,21+,22?,23+. The number of primary amides is 1. The summed E-state index contributed by atoms with van der Waals surface area (Å²) < 4.78 is 1.75. The molecule has 2 aliphatic carbocycles. The molecule has 1 aromatic carbocycles. The summed E-state index contributed by atoms with van der Waals surface area (Å²) in [5.74, 6) is -0.578. The van der Waals surface area contributed by atoms with E-state index in [-0.39, 0.29) is 11.7 Å². The van der Waals surface area contributed by atoms with Gasteiger partial charge in [-0.1, -0.05) is 43.0 Å². The fourth-order valence-corrected chi connectivity index (χ4v) is 8.16. The molecule has 6 rings (SSSR count). The van der Waals surface area contributed by atoms with E-state index in [2.05, 4.69) is 15.0 Å². The fourth-order valence-electron chi connectivity index (χ4n) is 8.16. The van der Waals surface area contributed by atoms with Crippen LogP contribution in [0.5, 0.6) is 0 Å². The number of carbonyl (C=O) groups is 2. The average molecular weight is 564 g/mol. The van der Waals surface area contributed by atoms with Crippen molar-refractivity contribution in [2.45, 2.75) is 114 Å². The molecule has 2 aliphatic heterocycles. The van der Waals surface area contributed by atoms with E-state index in [0.29, 0.717) is 29.2 Å². The summed E-state index contributed by atoms with van der Waals surface area (Å²) in [4.78, 5) is 50.5. The van der Waals surface area contributed by atoms with E-state index in [0.717, 1.165) is 37.5 Å². The number of hydrogen-bond acceptors (Lipinski definition) is 7. The zero-order valence-electron chi connectivity index (χ0n) is 24.0. The van der Waals surface area contributed by atoms with E-state index < -0.39 is 28.7 Å². The van der Waals surface area contributed by atoms with Crippen molar-refractivity contribution in [2.24, 2.45) is 22.7 Å². The van der Waals surface area contributed by atoms with Crippen molar-refractivity contribution in [3.8, 4) is 0 Å². The van der Waals surface area contributed by atoms with Crippen LogP contribution in [0.2, 0.25) is 0 Å². The van der Waals surface area contributed by atoms with E-state index in [9.17, 15) is 19.5 Å². The van der Waals surface area contributed by atoms with E-state index in [4.69, 9.17) is 10.6 Å². The lowest BCUT2D eigenvalue weighted by Gasteiger charge is -2.48. The molecular formula is C31H41N5O5. The maximum atomic E-state index is 14.1.